The Morgan fingerprint density at radius 1 is 1.47 bits per heavy atom. The van der Waals surface area contributed by atoms with E-state index in [1.807, 2.05) is 19.4 Å². The molecule has 0 atom stereocenters. The summed E-state index contributed by atoms with van der Waals surface area (Å²) in [6.07, 6.45) is 5.70. The van der Waals surface area contributed by atoms with Crippen LogP contribution in [-0.4, -0.2) is 27.0 Å². The second-order valence-corrected chi connectivity index (χ2v) is 4.02. The van der Waals surface area contributed by atoms with Crippen molar-refractivity contribution in [1.82, 2.24) is 15.1 Å². The largest absolute Gasteiger partial charge is 0.394 e. The molecule has 0 bridgehead atoms. The third-order valence-electron chi connectivity index (χ3n) is 3.08. The highest BCUT2D eigenvalue weighted by atomic mass is 16.3. The fraction of sp³-hybridized carbons (Fsp3) is 0.727. The molecule has 0 saturated carbocycles. The van der Waals surface area contributed by atoms with Gasteiger partial charge in [0.05, 0.1) is 12.8 Å². The van der Waals surface area contributed by atoms with Crippen LogP contribution < -0.4 is 5.32 Å². The predicted molar refractivity (Wildman–Crippen MR) is 60.4 cm³/mol. The Morgan fingerprint density at radius 2 is 2.13 bits per heavy atom. The smallest absolute Gasteiger partial charge is 0.0613 e. The zero-order chi connectivity index (χ0) is 11.3. The van der Waals surface area contributed by atoms with E-state index < -0.39 is 0 Å². The molecule has 1 aromatic heterocycles. The van der Waals surface area contributed by atoms with Crippen LogP contribution >= 0.6 is 0 Å². The highest BCUT2D eigenvalue weighted by molar-refractivity contribution is 5.04. The molecule has 15 heavy (non-hydrogen) atoms. The summed E-state index contributed by atoms with van der Waals surface area (Å²) in [4.78, 5) is 0. The summed E-state index contributed by atoms with van der Waals surface area (Å²) in [7, 11) is 1.91. The van der Waals surface area contributed by atoms with E-state index in [0.717, 1.165) is 24.9 Å². The lowest BCUT2D eigenvalue weighted by atomic mass is 9.94. The minimum absolute atomic E-state index is 0.143. The Labute approximate surface area is 91.3 Å². The summed E-state index contributed by atoms with van der Waals surface area (Å²) in [5.41, 5.74) is 1.01. The van der Waals surface area contributed by atoms with Crippen molar-refractivity contribution in [2.24, 2.45) is 7.05 Å². The third-order valence-corrected chi connectivity index (χ3v) is 3.08. The monoisotopic (exact) mass is 211 g/mol. The van der Waals surface area contributed by atoms with Crippen molar-refractivity contribution < 1.29 is 5.11 Å². The van der Waals surface area contributed by atoms with E-state index in [0.29, 0.717) is 0 Å². The second kappa shape index (κ2) is 5.28. The van der Waals surface area contributed by atoms with E-state index in [4.69, 9.17) is 0 Å². The van der Waals surface area contributed by atoms with Gasteiger partial charge in [-0.15, -0.1) is 0 Å². The van der Waals surface area contributed by atoms with Gasteiger partial charge in [0.25, 0.3) is 0 Å². The number of hydrogen-bond acceptors (Lipinski definition) is 3. The molecule has 0 aromatic carbocycles. The minimum atomic E-state index is -0.143. The van der Waals surface area contributed by atoms with Crippen molar-refractivity contribution in [1.29, 1.82) is 0 Å². The van der Waals surface area contributed by atoms with Gasteiger partial charge in [0, 0.05) is 30.9 Å². The van der Waals surface area contributed by atoms with Crippen LogP contribution in [0.4, 0.5) is 0 Å². The van der Waals surface area contributed by atoms with Gasteiger partial charge in [0.1, 0.15) is 0 Å². The summed E-state index contributed by atoms with van der Waals surface area (Å²) >= 11 is 0. The summed E-state index contributed by atoms with van der Waals surface area (Å²) in [5, 5.41) is 16.9. The Morgan fingerprint density at radius 3 is 2.53 bits per heavy atom. The van der Waals surface area contributed by atoms with E-state index in [9.17, 15) is 5.11 Å². The number of nitrogens with zero attached hydrogens (tertiary/aromatic N) is 2. The lowest BCUT2D eigenvalue weighted by Gasteiger charge is -2.30. The number of rotatable bonds is 6. The number of nitrogens with one attached hydrogen (secondary N) is 1. The molecule has 1 aromatic rings. The van der Waals surface area contributed by atoms with E-state index in [2.05, 4.69) is 24.3 Å². The maximum atomic E-state index is 9.38. The van der Waals surface area contributed by atoms with Gasteiger partial charge in [0.2, 0.25) is 0 Å². The molecule has 0 unspecified atom stereocenters. The van der Waals surface area contributed by atoms with Crippen LogP contribution in [0.2, 0.25) is 0 Å². The van der Waals surface area contributed by atoms with Gasteiger partial charge in [-0.05, 0) is 12.8 Å². The maximum absolute atomic E-state index is 9.38. The Kier molecular flexibility index (Phi) is 4.29. The van der Waals surface area contributed by atoms with Crippen LogP contribution in [0, 0.1) is 0 Å². The quantitative estimate of drug-likeness (QED) is 0.740. The first-order valence-corrected chi connectivity index (χ1v) is 5.49. The molecular formula is C11H21N3O. The van der Waals surface area contributed by atoms with Crippen LogP contribution in [0.3, 0.4) is 0 Å². The van der Waals surface area contributed by atoms with Crippen LogP contribution in [0.15, 0.2) is 12.4 Å². The molecule has 4 nitrogen and oxygen atoms in total. The normalized spacial score (nSPS) is 12.0. The average molecular weight is 211 g/mol. The van der Waals surface area contributed by atoms with E-state index in [1.165, 1.54) is 0 Å². The van der Waals surface area contributed by atoms with Gasteiger partial charge in [-0.25, -0.2) is 0 Å². The Hall–Kier alpha value is -0.870. The van der Waals surface area contributed by atoms with Crippen molar-refractivity contribution in [3.8, 4) is 0 Å². The molecule has 0 aliphatic heterocycles. The fourth-order valence-corrected chi connectivity index (χ4v) is 1.63. The molecule has 0 amide bonds. The van der Waals surface area contributed by atoms with Gasteiger partial charge in [-0.1, -0.05) is 13.8 Å². The fourth-order valence-electron chi connectivity index (χ4n) is 1.63. The molecule has 0 aliphatic carbocycles. The maximum Gasteiger partial charge on any atom is 0.0613 e. The predicted octanol–water partition coefficient (Wildman–Crippen LogP) is 1.06. The SMILES string of the molecule is CCC(CC)(CO)NCc1cnn(C)c1. The van der Waals surface area contributed by atoms with Gasteiger partial charge >= 0.3 is 0 Å². The van der Waals surface area contributed by atoms with Gasteiger partial charge in [-0.3, -0.25) is 4.68 Å². The Bertz CT molecular complexity index is 284. The Balaban J connectivity index is 2.54. The first-order chi connectivity index (χ1) is 7.15. The van der Waals surface area contributed by atoms with Gasteiger partial charge < -0.3 is 10.4 Å². The van der Waals surface area contributed by atoms with Gasteiger partial charge in [0.15, 0.2) is 0 Å². The summed E-state index contributed by atoms with van der Waals surface area (Å²) in [6, 6.07) is 0. The molecule has 86 valence electrons. The molecule has 1 rings (SSSR count). The zero-order valence-corrected chi connectivity index (χ0v) is 9.82. The van der Waals surface area contributed by atoms with Crippen molar-refractivity contribution in [2.45, 2.75) is 38.8 Å². The molecule has 4 heteroatoms. The van der Waals surface area contributed by atoms with E-state index in [1.54, 1.807) is 4.68 Å². The molecule has 0 spiro atoms. The van der Waals surface area contributed by atoms with Crippen molar-refractivity contribution in [3.05, 3.63) is 18.0 Å². The molecule has 0 saturated heterocycles. The molecule has 1 heterocycles. The lowest BCUT2D eigenvalue weighted by Crippen LogP contribution is -2.46. The lowest BCUT2D eigenvalue weighted by molar-refractivity contribution is 0.149. The molecular weight excluding hydrogens is 190 g/mol. The summed E-state index contributed by atoms with van der Waals surface area (Å²) in [5.74, 6) is 0. The number of aliphatic hydroxyl groups is 1. The second-order valence-electron chi connectivity index (χ2n) is 4.02. The highest BCUT2D eigenvalue weighted by Crippen LogP contribution is 2.14. The van der Waals surface area contributed by atoms with E-state index >= 15 is 0 Å². The molecule has 0 fully saturated rings. The number of aromatic nitrogens is 2. The first-order valence-electron chi connectivity index (χ1n) is 5.49. The topological polar surface area (TPSA) is 50.1 Å². The molecule has 0 radical (unpaired) electrons. The van der Waals surface area contributed by atoms with Crippen LogP contribution in [0.1, 0.15) is 32.3 Å². The minimum Gasteiger partial charge on any atom is -0.394 e. The van der Waals surface area contributed by atoms with Crippen molar-refractivity contribution in [3.63, 3.8) is 0 Å². The van der Waals surface area contributed by atoms with Crippen LogP contribution in [-0.2, 0) is 13.6 Å². The van der Waals surface area contributed by atoms with E-state index in [-0.39, 0.29) is 12.1 Å². The molecule has 2 N–H and O–H groups in total. The number of aliphatic hydroxyl groups excluding tert-OH is 1. The van der Waals surface area contributed by atoms with Crippen molar-refractivity contribution >= 4 is 0 Å². The summed E-state index contributed by atoms with van der Waals surface area (Å²) in [6.45, 7) is 5.13. The van der Waals surface area contributed by atoms with Gasteiger partial charge in [-0.2, -0.15) is 5.10 Å². The number of aryl methyl sites for hydroxylation is 1. The summed E-state index contributed by atoms with van der Waals surface area (Å²) < 4.78 is 1.79. The highest BCUT2D eigenvalue weighted by Gasteiger charge is 2.23. The first kappa shape index (κ1) is 12.2. The zero-order valence-electron chi connectivity index (χ0n) is 9.82. The van der Waals surface area contributed by atoms with Crippen LogP contribution in [0.25, 0.3) is 0 Å². The van der Waals surface area contributed by atoms with Crippen molar-refractivity contribution in [2.75, 3.05) is 6.61 Å². The van der Waals surface area contributed by atoms with Crippen LogP contribution in [0.5, 0.6) is 0 Å². The molecule has 0 aliphatic rings. The standard InChI is InChI=1S/C11H21N3O/c1-4-11(5-2,9-15)12-6-10-7-13-14(3)8-10/h7-8,12,15H,4-6,9H2,1-3H3. The number of hydrogen-bond donors (Lipinski definition) is 2. The third kappa shape index (κ3) is 3.04. The average Bonchev–Trinajstić information content (AvgIpc) is 2.67.